The van der Waals surface area contributed by atoms with E-state index in [1.54, 1.807) is 0 Å². The molecule has 3 fully saturated rings. The van der Waals surface area contributed by atoms with E-state index in [0.717, 1.165) is 22.3 Å². The van der Waals surface area contributed by atoms with Crippen LogP contribution in [0.15, 0.2) is 48.5 Å². The largest absolute Gasteiger partial charge is 0.336 e. The van der Waals surface area contributed by atoms with Crippen molar-refractivity contribution >= 4 is 10.1 Å². The molecule has 2 saturated carbocycles. The smallest absolute Gasteiger partial charge is 0.306 e. The fraction of sp³-hybridized carbons (Fsp3) is 0.478. The fourth-order valence-corrected chi connectivity index (χ4v) is 6.81. The van der Waals surface area contributed by atoms with Gasteiger partial charge in [0, 0.05) is 17.0 Å². The maximum atomic E-state index is 15.2. The van der Waals surface area contributed by atoms with Gasteiger partial charge in [0.05, 0.1) is 12.2 Å². The first-order valence-electron chi connectivity index (χ1n) is 10.6. The third kappa shape index (κ3) is 2.32. The quantitative estimate of drug-likeness (QED) is 0.674. The molecule has 0 amide bonds. The van der Waals surface area contributed by atoms with Crippen molar-refractivity contribution in [2.75, 3.05) is 0 Å². The van der Waals surface area contributed by atoms with Crippen molar-refractivity contribution in [2.45, 2.75) is 48.7 Å². The highest BCUT2D eigenvalue weighted by Crippen LogP contribution is 2.65. The summed E-state index contributed by atoms with van der Waals surface area (Å²) in [5, 5.41) is -4.09. The van der Waals surface area contributed by atoms with E-state index in [-0.39, 0.29) is 19.3 Å². The molecule has 2 bridgehead atoms. The van der Waals surface area contributed by atoms with Gasteiger partial charge in [-0.1, -0.05) is 48.5 Å². The van der Waals surface area contributed by atoms with Gasteiger partial charge in [0.2, 0.25) is 5.79 Å². The Labute approximate surface area is 183 Å². The Morgan fingerprint density at radius 1 is 0.938 bits per heavy atom. The van der Waals surface area contributed by atoms with Crippen molar-refractivity contribution in [3.63, 3.8) is 0 Å². The van der Waals surface area contributed by atoms with Crippen LogP contribution < -0.4 is 0 Å². The van der Waals surface area contributed by atoms with Crippen molar-refractivity contribution < 1.29 is 35.6 Å². The third-order valence-electron chi connectivity index (χ3n) is 7.86. The average Bonchev–Trinajstić information content (AvgIpc) is 3.48. The molecule has 1 N–H and O–H groups in total. The minimum atomic E-state index is -5.63. The highest BCUT2D eigenvalue weighted by Gasteiger charge is 2.73. The van der Waals surface area contributed by atoms with Crippen LogP contribution in [-0.2, 0) is 25.4 Å². The normalized spacial score (nSPS) is 33.7. The monoisotopic (exact) mass is 466 g/mol. The van der Waals surface area contributed by atoms with E-state index < -0.39 is 50.9 Å². The molecule has 2 aromatic rings. The number of hydrogen-bond acceptors (Lipinski definition) is 4. The summed E-state index contributed by atoms with van der Waals surface area (Å²) < 4.78 is 90.0. The summed E-state index contributed by atoms with van der Waals surface area (Å²) in [4.78, 5) is 0. The number of alkyl halides is 3. The van der Waals surface area contributed by atoms with Crippen LogP contribution in [0.1, 0.15) is 30.9 Å². The van der Waals surface area contributed by atoms with Crippen LogP contribution in [0.5, 0.6) is 0 Å². The zero-order valence-electron chi connectivity index (χ0n) is 17.0. The molecule has 6 atom stereocenters. The van der Waals surface area contributed by atoms with Crippen LogP contribution in [0, 0.1) is 17.8 Å². The number of benzene rings is 2. The molecule has 1 aliphatic heterocycles. The SMILES string of the molecule is CC(F)(C(F)(F)C1CC2CC1C1OC3(OC21)c1ccccc1-c1ccccc13)S(=O)(=O)O. The summed E-state index contributed by atoms with van der Waals surface area (Å²) in [6, 6.07) is 15.2. The van der Waals surface area contributed by atoms with Gasteiger partial charge in [-0.15, -0.1) is 0 Å². The molecule has 0 aromatic heterocycles. The van der Waals surface area contributed by atoms with E-state index in [4.69, 9.17) is 14.0 Å². The number of ether oxygens (including phenoxy) is 2. The minimum Gasteiger partial charge on any atom is -0.336 e. The summed E-state index contributed by atoms with van der Waals surface area (Å²) in [5.74, 6) is -8.22. The zero-order chi connectivity index (χ0) is 22.7. The van der Waals surface area contributed by atoms with Gasteiger partial charge < -0.3 is 9.47 Å². The van der Waals surface area contributed by atoms with Gasteiger partial charge in [0.15, 0.2) is 0 Å². The Hall–Kier alpha value is -1.94. The van der Waals surface area contributed by atoms with Gasteiger partial charge in [-0.2, -0.15) is 8.42 Å². The predicted octanol–water partition coefficient (Wildman–Crippen LogP) is 4.52. The Morgan fingerprint density at radius 2 is 1.47 bits per heavy atom. The number of fused-ring (bicyclic) bond motifs is 10. The lowest BCUT2D eigenvalue weighted by molar-refractivity contribution is -0.173. The summed E-state index contributed by atoms with van der Waals surface area (Å²) in [7, 11) is -5.63. The molecule has 5 nitrogen and oxygen atoms in total. The molecule has 32 heavy (non-hydrogen) atoms. The molecule has 1 spiro atoms. The molecule has 0 radical (unpaired) electrons. The van der Waals surface area contributed by atoms with Gasteiger partial charge in [0.1, 0.15) is 0 Å². The van der Waals surface area contributed by atoms with Crippen molar-refractivity contribution in [1.29, 1.82) is 0 Å². The van der Waals surface area contributed by atoms with Gasteiger partial charge in [0.25, 0.3) is 5.00 Å². The van der Waals surface area contributed by atoms with E-state index in [0.29, 0.717) is 6.42 Å². The molecule has 9 heteroatoms. The zero-order valence-corrected chi connectivity index (χ0v) is 17.9. The highest BCUT2D eigenvalue weighted by atomic mass is 32.2. The second kappa shape index (κ2) is 6.14. The summed E-state index contributed by atoms with van der Waals surface area (Å²) in [5.41, 5.74) is 3.48. The Bertz CT molecular complexity index is 1180. The molecule has 6 unspecified atom stereocenters. The molecule has 170 valence electrons. The van der Waals surface area contributed by atoms with Crippen LogP contribution in [0.2, 0.25) is 0 Å². The molecule has 2 aromatic carbocycles. The number of halogens is 3. The molecule has 3 aliphatic carbocycles. The lowest BCUT2D eigenvalue weighted by Crippen LogP contribution is -2.55. The topological polar surface area (TPSA) is 72.8 Å². The molecule has 1 saturated heterocycles. The van der Waals surface area contributed by atoms with Crippen LogP contribution >= 0.6 is 0 Å². The molecule has 1 heterocycles. The first-order valence-corrected chi connectivity index (χ1v) is 12.0. The van der Waals surface area contributed by atoms with E-state index in [9.17, 15) is 12.8 Å². The Morgan fingerprint density at radius 3 is 2.03 bits per heavy atom. The van der Waals surface area contributed by atoms with Gasteiger partial charge in [-0.05, 0) is 42.7 Å². The Balaban J connectivity index is 1.40. The molecular formula is C23H21F3O5S. The van der Waals surface area contributed by atoms with Crippen molar-refractivity contribution in [3.05, 3.63) is 59.7 Å². The summed E-state index contributed by atoms with van der Waals surface area (Å²) >= 11 is 0. The molecule has 4 aliphatic rings. The predicted molar refractivity (Wildman–Crippen MR) is 108 cm³/mol. The van der Waals surface area contributed by atoms with E-state index in [1.807, 2.05) is 48.5 Å². The second-order valence-corrected chi connectivity index (χ2v) is 11.1. The standard InChI is InChI=1S/C23H21F3O5S/c1-21(24,32(27,28)29)23(25,26)18-11-12-10-15(18)20-19(12)30-22(31-20)16-8-4-2-6-13(16)14-7-3-5-9-17(14)22/h2-9,12,15,18-20H,10-11H2,1H3,(H,27,28,29). The van der Waals surface area contributed by atoms with Crippen LogP contribution in [0.4, 0.5) is 13.2 Å². The fourth-order valence-electron chi connectivity index (χ4n) is 6.31. The number of hydrogen-bond donors (Lipinski definition) is 1. The van der Waals surface area contributed by atoms with Crippen LogP contribution in [0.3, 0.4) is 0 Å². The summed E-state index contributed by atoms with van der Waals surface area (Å²) in [6.07, 6.45) is -0.962. The van der Waals surface area contributed by atoms with Crippen LogP contribution in [-0.4, -0.2) is 36.1 Å². The first kappa shape index (κ1) is 20.7. The van der Waals surface area contributed by atoms with E-state index in [1.165, 1.54) is 0 Å². The lowest BCUT2D eigenvalue weighted by Gasteiger charge is -2.38. The highest BCUT2D eigenvalue weighted by molar-refractivity contribution is 7.87. The maximum absolute atomic E-state index is 15.2. The van der Waals surface area contributed by atoms with Gasteiger partial charge in [-0.3, -0.25) is 4.55 Å². The summed E-state index contributed by atoms with van der Waals surface area (Å²) in [6.45, 7) is 0.225. The lowest BCUT2D eigenvalue weighted by atomic mass is 9.79. The van der Waals surface area contributed by atoms with E-state index in [2.05, 4.69) is 0 Å². The first-order chi connectivity index (χ1) is 15.0. The van der Waals surface area contributed by atoms with Crippen molar-refractivity contribution in [3.8, 4) is 11.1 Å². The van der Waals surface area contributed by atoms with Crippen molar-refractivity contribution in [1.82, 2.24) is 0 Å². The number of rotatable bonds is 3. The van der Waals surface area contributed by atoms with Gasteiger partial charge >= 0.3 is 16.0 Å². The second-order valence-electron chi connectivity index (χ2n) is 9.39. The van der Waals surface area contributed by atoms with Gasteiger partial charge in [-0.25, -0.2) is 13.2 Å². The van der Waals surface area contributed by atoms with E-state index >= 15 is 8.78 Å². The average molecular weight is 466 g/mol. The maximum Gasteiger partial charge on any atom is 0.306 e. The van der Waals surface area contributed by atoms with Crippen molar-refractivity contribution in [2.24, 2.45) is 17.8 Å². The molecular weight excluding hydrogens is 445 g/mol. The minimum absolute atomic E-state index is 0.101. The Kier molecular flexibility index (Phi) is 3.96. The molecule has 6 rings (SSSR count). The van der Waals surface area contributed by atoms with Crippen LogP contribution in [0.25, 0.3) is 11.1 Å². The third-order valence-corrected chi connectivity index (χ3v) is 9.10.